The molecule has 0 radical (unpaired) electrons. The van der Waals surface area contributed by atoms with Gasteiger partial charge in [0.1, 0.15) is 11.2 Å². The third-order valence-corrected chi connectivity index (χ3v) is 9.87. The molecular formula is C42H24N2OS. The maximum absolute atomic E-state index is 7.60. The van der Waals surface area contributed by atoms with Gasteiger partial charge in [-0.1, -0.05) is 109 Å². The smallest absolute Gasteiger partial charge is 0.187 e. The highest BCUT2D eigenvalue weighted by atomic mass is 32.1. The van der Waals surface area contributed by atoms with Gasteiger partial charge in [0.25, 0.3) is 0 Å². The average molecular weight is 605 g/mol. The van der Waals surface area contributed by atoms with Crippen LogP contribution in [0.4, 0.5) is 5.69 Å². The standard InChI is InChI=1S/C42H24N2OS/c1-43-30-17-10-16-28(22-30)36-25-34-31-18-8-9-21-38(31)46-42(34)40(44-36)32-19-11-20-37-39(32)35-24-29(26-12-4-2-5-13-26)23-33(41(35)45-37)27-14-6-3-7-15-27/h2-25H. The summed E-state index contributed by atoms with van der Waals surface area (Å²) >= 11 is 1.77. The van der Waals surface area contributed by atoms with Gasteiger partial charge in [-0.2, -0.15) is 0 Å². The van der Waals surface area contributed by atoms with Crippen molar-refractivity contribution in [3.63, 3.8) is 0 Å². The molecule has 0 amide bonds. The van der Waals surface area contributed by atoms with Crippen LogP contribution in [-0.2, 0) is 0 Å². The fraction of sp³-hybridized carbons (Fsp3) is 0. The molecule has 0 N–H and O–H groups in total. The number of rotatable bonds is 4. The van der Waals surface area contributed by atoms with Crippen LogP contribution in [0, 0.1) is 6.57 Å². The summed E-state index contributed by atoms with van der Waals surface area (Å²) in [5.74, 6) is 0. The first kappa shape index (κ1) is 26.4. The zero-order valence-electron chi connectivity index (χ0n) is 24.6. The van der Waals surface area contributed by atoms with E-state index in [1.807, 2.05) is 36.4 Å². The van der Waals surface area contributed by atoms with Gasteiger partial charge in [-0.05, 0) is 58.7 Å². The fourth-order valence-corrected chi connectivity index (χ4v) is 7.73. The van der Waals surface area contributed by atoms with Crippen LogP contribution in [-0.4, -0.2) is 4.98 Å². The number of pyridine rings is 1. The summed E-state index contributed by atoms with van der Waals surface area (Å²) in [5.41, 5.74) is 10.5. The molecule has 4 heteroatoms. The lowest BCUT2D eigenvalue weighted by atomic mass is 9.94. The summed E-state index contributed by atoms with van der Waals surface area (Å²) in [5, 5.41) is 4.47. The van der Waals surface area contributed by atoms with Gasteiger partial charge >= 0.3 is 0 Å². The lowest BCUT2D eigenvalue weighted by Gasteiger charge is -2.10. The molecule has 3 nitrogen and oxygen atoms in total. The molecule has 0 bridgehead atoms. The van der Waals surface area contributed by atoms with E-state index in [-0.39, 0.29) is 0 Å². The average Bonchev–Trinajstić information content (AvgIpc) is 3.70. The molecule has 0 saturated heterocycles. The topological polar surface area (TPSA) is 30.4 Å². The molecule has 9 rings (SSSR count). The third kappa shape index (κ3) is 4.22. The van der Waals surface area contributed by atoms with E-state index in [1.165, 1.54) is 10.1 Å². The number of furan rings is 1. The molecule has 9 aromatic rings. The molecule has 0 aliphatic heterocycles. The minimum absolute atomic E-state index is 0.598. The van der Waals surface area contributed by atoms with Crippen LogP contribution in [0.25, 0.3) is 91.7 Å². The molecular weight excluding hydrogens is 581 g/mol. The van der Waals surface area contributed by atoms with Crippen molar-refractivity contribution in [3.8, 4) is 44.8 Å². The molecule has 0 spiro atoms. The largest absolute Gasteiger partial charge is 0.455 e. The van der Waals surface area contributed by atoms with E-state index in [2.05, 4.69) is 114 Å². The van der Waals surface area contributed by atoms with E-state index in [0.29, 0.717) is 5.69 Å². The van der Waals surface area contributed by atoms with Gasteiger partial charge in [-0.25, -0.2) is 9.83 Å². The minimum Gasteiger partial charge on any atom is -0.455 e. The van der Waals surface area contributed by atoms with Crippen molar-refractivity contribution in [1.29, 1.82) is 0 Å². The summed E-state index contributed by atoms with van der Waals surface area (Å²) in [6.07, 6.45) is 0. The highest BCUT2D eigenvalue weighted by Gasteiger charge is 2.22. The van der Waals surface area contributed by atoms with E-state index in [9.17, 15) is 0 Å². The Hall–Kier alpha value is -6.02. The molecule has 214 valence electrons. The molecule has 0 unspecified atom stereocenters. The van der Waals surface area contributed by atoms with Crippen molar-refractivity contribution in [2.45, 2.75) is 0 Å². The summed E-state index contributed by atoms with van der Waals surface area (Å²) in [6, 6.07) is 50.2. The summed E-state index contributed by atoms with van der Waals surface area (Å²) in [6.45, 7) is 7.60. The maximum atomic E-state index is 7.60. The van der Waals surface area contributed by atoms with Crippen LogP contribution in [0.1, 0.15) is 0 Å². The Morgan fingerprint density at radius 1 is 0.565 bits per heavy atom. The molecule has 0 fully saturated rings. The normalized spacial score (nSPS) is 11.5. The fourth-order valence-electron chi connectivity index (χ4n) is 6.55. The number of nitrogens with zero attached hydrogens (tertiary/aromatic N) is 2. The second-order valence-electron chi connectivity index (χ2n) is 11.4. The van der Waals surface area contributed by atoms with Crippen molar-refractivity contribution < 1.29 is 4.42 Å². The van der Waals surface area contributed by atoms with Crippen LogP contribution in [0.3, 0.4) is 0 Å². The van der Waals surface area contributed by atoms with Crippen molar-refractivity contribution in [3.05, 3.63) is 157 Å². The Bertz CT molecular complexity index is 2640. The SMILES string of the molecule is [C-]#[N+]c1cccc(-c2cc3c(sc4ccccc43)c(-c3cccc4oc5c(-c6ccccc6)cc(-c6ccccc6)cc5c34)n2)c1. The van der Waals surface area contributed by atoms with Gasteiger partial charge in [0.15, 0.2) is 5.69 Å². The zero-order chi connectivity index (χ0) is 30.6. The summed E-state index contributed by atoms with van der Waals surface area (Å²) in [4.78, 5) is 9.06. The van der Waals surface area contributed by atoms with Gasteiger partial charge < -0.3 is 4.42 Å². The Labute approximate surface area is 269 Å². The number of benzene rings is 6. The van der Waals surface area contributed by atoms with Gasteiger partial charge in [-0.15, -0.1) is 11.3 Å². The van der Waals surface area contributed by atoms with Crippen LogP contribution in [0.2, 0.25) is 0 Å². The lowest BCUT2D eigenvalue weighted by molar-refractivity contribution is 0.670. The molecule has 0 atom stereocenters. The molecule has 46 heavy (non-hydrogen) atoms. The van der Waals surface area contributed by atoms with Crippen molar-refractivity contribution in [1.82, 2.24) is 4.98 Å². The van der Waals surface area contributed by atoms with E-state index in [0.717, 1.165) is 76.8 Å². The second-order valence-corrected chi connectivity index (χ2v) is 12.5. The van der Waals surface area contributed by atoms with Crippen LogP contribution >= 0.6 is 11.3 Å². The van der Waals surface area contributed by atoms with Gasteiger partial charge in [-0.3, -0.25) is 0 Å². The minimum atomic E-state index is 0.598. The molecule has 3 heterocycles. The first-order valence-corrected chi connectivity index (χ1v) is 16.0. The first-order valence-electron chi connectivity index (χ1n) is 15.2. The Morgan fingerprint density at radius 2 is 1.30 bits per heavy atom. The monoisotopic (exact) mass is 604 g/mol. The molecule has 0 saturated carbocycles. The van der Waals surface area contributed by atoms with Crippen LogP contribution in [0.5, 0.6) is 0 Å². The summed E-state index contributed by atoms with van der Waals surface area (Å²) < 4.78 is 9.10. The first-order chi connectivity index (χ1) is 22.7. The van der Waals surface area contributed by atoms with E-state index < -0.39 is 0 Å². The number of thiophene rings is 1. The molecule has 3 aromatic heterocycles. The van der Waals surface area contributed by atoms with Crippen LogP contribution in [0.15, 0.2) is 150 Å². The number of aromatic nitrogens is 1. The third-order valence-electron chi connectivity index (χ3n) is 8.68. The Morgan fingerprint density at radius 3 is 2.13 bits per heavy atom. The van der Waals surface area contributed by atoms with Gasteiger partial charge in [0.05, 0.1) is 22.7 Å². The van der Waals surface area contributed by atoms with E-state index in [1.54, 1.807) is 11.3 Å². The quantitative estimate of drug-likeness (QED) is 0.187. The predicted molar refractivity (Wildman–Crippen MR) is 192 cm³/mol. The highest BCUT2D eigenvalue weighted by molar-refractivity contribution is 7.26. The second kappa shape index (κ2) is 10.6. The van der Waals surface area contributed by atoms with E-state index >= 15 is 0 Å². The number of hydrogen-bond acceptors (Lipinski definition) is 3. The Kier molecular flexibility index (Phi) is 6.06. The summed E-state index contributed by atoms with van der Waals surface area (Å²) in [7, 11) is 0. The van der Waals surface area contributed by atoms with E-state index in [4.69, 9.17) is 16.0 Å². The van der Waals surface area contributed by atoms with Crippen molar-refractivity contribution >= 4 is 59.1 Å². The number of hydrogen-bond donors (Lipinski definition) is 0. The number of fused-ring (bicyclic) bond motifs is 6. The molecule has 6 aromatic carbocycles. The molecule has 0 aliphatic carbocycles. The van der Waals surface area contributed by atoms with Crippen molar-refractivity contribution in [2.75, 3.05) is 0 Å². The van der Waals surface area contributed by atoms with Gasteiger partial charge in [0.2, 0.25) is 0 Å². The maximum Gasteiger partial charge on any atom is 0.187 e. The Balaban J connectivity index is 1.40. The predicted octanol–water partition coefficient (Wildman–Crippen LogP) is 12.6. The van der Waals surface area contributed by atoms with Crippen molar-refractivity contribution in [2.24, 2.45) is 0 Å². The highest BCUT2D eigenvalue weighted by Crippen LogP contribution is 2.46. The van der Waals surface area contributed by atoms with Crippen LogP contribution < -0.4 is 0 Å². The zero-order valence-corrected chi connectivity index (χ0v) is 25.4. The van der Waals surface area contributed by atoms with Gasteiger partial charge in [0, 0.05) is 37.4 Å². The molecule has 0 aliphatic rings. The lowest BCUT2D eigenvalue weighted by Crippen LogP contribution is -1.90.